The van der Waals surface area contributed by atoms with Crippen molar-refractivity contribution in [2.45, 2.75) is 32.1 Å². The number of hydrogen-bond donors (Lipinski definition) is 2. The summed E-state index contributed by atoms with van der Waals surface area (Å²) in [4.78, 5) is 34.8. The molecule has 1 saturated heterocycles. The van der Waals surface area contributed by atoms with Crippen LogP contribution < -0.4 is 20.5 Å². The van der Waals surface area contributed by atoms with Crippen LogP contribution in [0.3, 0.4) is 0 Å². The number of amides is 1. The maximum atomic E-state index is 12.9. The van der Waals surface area contributed by atoms with Crippen LogP contribution in [0.25, 0.3) is 0 Å². The Balaban J connectivity index is 1.71. The number of benzene rings is 1. The highest BCUT2D eigenvalue weighted by atomic mass is 16.5. The van der Waals surface area contributed by atoms with E-state index in [4.69, 9.17) is 4.74 Å². The van der Waals surface area contributed by atoms with Crippen LogP contribution in [0.5, 0.6) is 5.75 Å². The number of piperidine rings is 1. The monoisotopic (exact) mass is 368 g/mol. The van der Waals surface area contributed by atoms with E-state index in [1.807, 2.05) is 24.3 Å². The summed E-state index contributed by atoms with van der Waals surface area (Å²) in [6, 6.07) is 7.47. The van der Waals surface area contributed by atoms with Gasteiger partial charge in [-0.25, -0.2) is 0 Å². The van der Waals surface area contributed by atoms with Crippen molar-refractivity contribution < 1.29 is 9.53 Å². The van der Waals surface area contributed by atoms with Crippen molar-refractivity contribution in [2.75, 3.05) is 30.4 Å². The highest BCUT2D eigenvalue weighted by Crippen LogP contribution is 2.35. The molecule has 1 atom stereocenters. The van der Waals surface area contributed by atoms with Crippen LogP contribution in [0, 0.1) is 5.92 Å². The minimum atomic E-state index is -0.314. The van der Waals surface area contributed by atoms with Gasteiger partial charge < -0.3 is 15.0 Å². The van der Waals surface area contributed by atoms with E-state index in [0.29, 0.717) is 23.2 Å². The van der Waals surface area contributed by atoms with E-state index in [0.717, 1.165) is 37.2 Å². The van der Waals surface area contributed by atoms with Crippen LogP contribution >= 0.6 is 0 Å². The standard InChI is InChI=1S/C20H24N4O3/c1-12-7-9-24(10-8-12)20-22-18-17(19(26)23-20)15(11-16(25)21-18)13-3-5-14(27-2)6-4-13/h3-6,12,15H,7-11H2,1-2H3,(H2,21,22,23,25,26)/t15-/m1/s1. The number of anilines is 2. The molecule has 7 nitrogen and oxygen atoms in total. The SMILES string of the molecule is COc1ccc([C@H]2CC(=O)Nc3nc(N4CCC(C)CC4)[nH]c(=O)c32)cc1. The first-order chi connectivity index (χ1) is 13.0. The number of hydrogen-bond acceptors (Lipinski definition) is 5. The Morgan fingerprint density at radius 3 is 2.52 bits per heavy atom. The van der Waals surface area contributed by atoms with Crippen LogP contribution in [0.15, 0.2) is 29.1 Å². The van der Waals surface area contributed by atoms with Crippen molar-refractivity contribution in [3.05, 3.63) is 45.7 Å². The van der Waals surface area contributed by atoms with E-state index in [1.165, 1.54) is 0 Å². The molecule has 0 bridgehead atoms. The Morgan fingerprint density at radius 1 is 1.15 bits per heavy atom. The number of aromatic amines is 1. The molecule has 0 spiro atoms. The van der Waals surface area contributed by atoms with Gasteiger partial charge in [-0.05, 0) is 36.5 Å². The quantitative estimate of drug-likeness (QED) is 0.869. The number of carbonyl (C=O) groups is 1. The van der Waals surface area contributed by atoms with Gasteiger partial charge in [0, 0.05) is 25.4 Å². The Bertz CT molecular complexity index is 898. The van der Waals surface area contributed by atoms with Gasteiger partial charge in [0.25, 0.3) is 5.56 Å². The van der Waals surface area contributed by atoms with Gasteiger partial charge >= 0.3 is 0 Å². The Kier molecular flexibility index (Phi) is 4.59. The molecule has 1 fully saturated rings. The largest absolute Gasteiger partial charge is 0.497 e. The van der Waals surface area contributed by atoms with Gasteiger partial charge in [0.05, 0.1) is 12.7 Å². The molecule has 1 aromatic heterocycles. The molecule has 2 N–H and O–H groups in total. The Hall–Kier alpha value is -2.83. The van der Waals surface area contributed by atoms with Crippen molar-refractivity contribution >= 4 is 17.7 Å². The number of carbonyl (C=O) groups excluding carboxylic acids is 1. The van der Waals surface area contributed by atoms with Crippen molar-refractivity contribution in [1.82, 2.24) is 9.97 Å². The zero-order valence-corrected chi connectivity index (χ0v) is 15.6. The van der Waals surface area contributed by atoms with Crippen molar-refractivity contribution in [1.29, 1.82) is 0 Å². The summed E-state index contributed by atoms with van der Waals surface area (Å²) in [5.41, 5.74) is 1.24. The number of methoxy groups -OCH3 is 1. The van der Waals surface area contributed by atoms with Crippen molar-refractivity contribution in [2.24, 2.45) is 5.92 Å². The smallest absolute Gasteiger partial charge is 0.258 e. The molecule has 1 aromatic carbocycles. The second-order valence-corrected chi connectivity index (χ2v) is 7.40. The molecule has 4 rings (SSSR count). The van der Waals surface area contributed by atoms with E-state index >= 15 is 0 Å². The fourth-order valence-corrected chi connectivity index (χ4v) is 3.85. The first kappa shape index (κ1) is 17.6. The van der Waals surface area contributed by atoms with E-state index in [-0.39, 0.29) is 23.8 Å². The summed E-state index contributed by atoms with van der Waals surface area (Å²) in [7, 11) is 1.61. The molecule has 3 heterocycles. The fraction of sp³-hybridized carbons (Fsp3) is 0.450. The minimum Gasteiger partial charge on any atom is -0.497 e. The third-order valence-corrected chi connectivity index (χ3v) is 5.54. The summed E-state index contributed by atoms with van der Waals surface area (Å²) >= 11 is 0. The summed E-state index contributed by atoms with van der Waals surface area (Å²) in [6.07, 6.45) is 2.37. The summed E-state index contributed by atoms with van der Waals surface area (Å²) in [6.45, 7) is 3.96. The number of ether oxygens (including phenoxy) is 1. The van der Waals surface area contributed by atoms with E-state index < -0.39 is 0 Å². The molecule has 0 aliphatic carbocycles. The molecule has 2 aliphatic heterocycles. The number of aromatic nitrogens is 2. The number of nitrogens with one attached hydrogen (secondary N) is 2. The Morgan fingerprint density at radius 2 is 1.85 bits per heavy atom. The lowest BCUT2D eigenvalue weighted by Gasteiger charge is -2.32. The van der Waals surface area contributed by atoms with Gasteiger partial charge in [-0.3, -0.25) is 14.6 Å². The highest BCUT2D eigenvalue weighted by Gasteiger charge is 2.31. The molecular weight excluding hydrogens is 344 g/mol. The summed E-state index contributed by atoms with van der Waals surface area (Å²) < 4.78 is 5.20. The number of rotatable bonds is 3. The summed E-state index contributed by atoms with van der Waals surface area (Å²) in [5.74, 6) is 1.91. The van der Waals surface area contributed by atoms with Gasteiger partial charge in [-0.2, -0.15) is 4.98 Å². The van der Waals surface area contributed by atoms with Crippen LogP contribution in [0.4, 0.5) is 11.8 Å². The molecule has 27 heavy (non-hydrogen) atoms. The normalized spacial score (nSPS) is 20.1. The third-order valence-electron chi connectivity index (χ3n) is 5.54. The van der Waals surface area contributed by atoms with Crippen molar-refractivity contribution in [3.63, 3.8) is 0 Å². The molecule has 2 aliphatic rings. The van der Waals surface area contributed by atoms with Crippen LogP contribution in [0.2, 0.25) is 0 Å². The molecule has 7 heteroatoms. The zero-order chi connectivity index (χ0) is 19.0. The molecule has 1 amide bonds. The van der Waals surface area contributed by atoms with Crippen LogP contribution in [-0.4, -0.2) is 36.1 Å². The van der Waals surface area contributed by atoms with Crippen LogP contribution in [-0.2, 0) is 4.79 Å². The second-order valence-electron chi connectivity index (χ2n) is 7.40. The second kappa shape index (κ2) is 7.06. The van der Waals surface area contributed by atoms with E-state index in [1.54, 1.807) is 7.11 Å². The minimum absolute atomic E-state index is 0.125. The number of fused-ring (bicyclic) bond motifs is 1. The lowest BCUT2D eigenvalue weighted by Crippen LogP contribution is -2.37. The Labute approximate surface area is 157 Å². The van der Waals surface area contributed by atoms with Crippen LogP contribution in [0.1, 0.15) is 43.2 Å². The topological polar surface area (TPSA) is 87.3 Å². The lowest BCUT2D eigenvalue weighted by molar-refractivity contribution is -0.116. The maximum absolute atomic E-state index is 12.9. The predicted octanol–water partition coefficient (Wildman–Crippen LogP) is 2.49. The van der Waals surface area contributed by atoms with Gasteiger partial charge in [0.15, 0.2) is 0 Å². The van der Waals surface area contributed by atoms with E-state index in [2.05, 4.69) is 27.1 Å². The molecular formula is C20H24N4O3. The third kappa shape index (κ3) is 3.41. The average Bonchev–Trinajstić information content (AvgIpc) is 2.67. The molecule has 2 aromatic rings. The maximum Gasteiger partial charge on any atom is 0.258 e. The molecule has 0 unspecified atom stereocenters. The number of H-pyrrole nitrogens is 1. The summed E-state index contributed by atoms with van der Waals surface area (Å²) in [5, 5.41) is 2.79. The van der Waals surface area contributed by atoms with Gasteiger partial charge in [0.2, 0.25) is 11.9 Å². The first-order valence-corrected chi connectivity index (χ1v) is 9.38. The lowest BCUT2D eigenvalue weighted by atomic mass is 9.87. The number of nitrogens with zero attached hydrogens (tertiary/aromatic N) is 2. The highest BCUT2D eigenvalue weighted by molar-refractivity contribution is 5.94. The first-order valence-electron chi connectivity index (χ1n) is 9.38. The molecule has 0 radical (unpaired) electrons. The average molecular weight is 368 g/mol. The molecule has 0 saturated carbocycles. The predicted molar refractivity (Wildman–Crippen MR) is 104 cm³/mol. The van der Waals surface area contributed by atoms with Crippen molar-refractivity contribution in [3.8, 4) is 5.75 Å². The fourth-order valence-electron chi connectivity index (χ4n) is 3.85. The van der Waals surface area contributed by atoms with E-state index in [9.17, 15) is 9.59 Å². The molecule has 142 valence electrons. The van der Waals surface area contributed by atoms with Gasteiger partial charge in [-0.15, -0.1) is 0 Å². The van der Waals surface area contributed by atoms with Gasteiger partial charge in [-0.1, -0.05) is 19.1 Å². The zero-order valence-electron chi connectivity index (χ0n) is 15.6. The van der Waals surface area contributed by atoms with Gasteiger partial charge in [0.1, 0.15) is 11.6 Å².